The average molecular weight is 240 g/mol. The van der Waals surface area contributed by atoms with Gasteiger partial charge in [-0.15, -0.1) is 0 Å². The molecule has 5 heteroatoms. The minimum absolute atomic E-state index is 0.351. The second-order valence-corrected chi connectivity index (χ2v) is 3.80. The highest BCUT2D eigenvalue weighted by molar-refractivity contribution is 6.35. The van der Waals surface area contributed by atoms with Crippen LogP contribution in [0.3, 0.4) is 0 Å². The lowest BCUT2D eigenvalue weighted by atomic mass is 10.1. The fourth-order valence-corrected chi connectivity index (χ4v) is 1.59. The summed E-state index contributed by atoms with van der Waals surface area (Å²) < 4.78 is 0. The number of hydrogen-bond donors (Lipinski definition) is 1. The molecule has 0 aliphatic carbocycles. The van der Waals surface area contributed by atoms with Crippen molar-refractivity contribution in [2.75, 3.05) is 5.73 Å². The smallest absolute Gasteiger partial charge is 0.142 e. The van der Waals surface area contributed by atoms with E-state index in [-0.39, 0.29) is 0 Å². The van der Waals surface area contributed by atoms with E-state index in [1.165, 1.54) is 6.20 Å². The van der Waals surface area contributed by atoms with Crippen molar-refractivity contribution < 1.29 is 0 Å². The number of halogens is 2. The number of nitrogens with two attached hydrogens (primary N) is 1. The van der Waals surface area contributed by atoms with E-state index in [1.54, 1.807) is 24.4 Å². The first-order chi connectivity index (χ1) is 7.16. The van der Waals surface area contributed by atoms with E-state index >= 15 is 0 Å². The molecule has 0 fully saturated rings. The van der Waals surface area contributed by atoms with Gasteiger partial charge in [0.15, 0.2) is 0 Å². The number of rotatable bonds is 1. The first-order valence-corrected chi connectivity index (χ1v) is 4.95. The summed E-state index contributed by atoms with van der Waals surface area (Å²) >= 11 is 11.9. The van der Waals surface area contributed by atoms with Gasteiger partial charge in [0.25, 0.3) is 0 Å². The van der Waals surface area contributed by atoms with Crippen LogP contribution in [0.25, 0.3) is 11.3 Å². The van der Waals surface area contributed by atoms with Crippen molar-refractivity contribution in [2.45, 2.75) is 0 Å². The molecule has 0 atom stereocenters. The summed E-state index contributed by atoms with van der Waals surface area (Å²) in [7, 11) is 0. The Morgan fingerprint density at radius 3 is 2.67 bits per heavy atom. The Balaban J connectivity index is 2.58. The van der Waals surface area contributed by atoms with Crippen LogP contribution in [-0.4, -0.2) is 9.97 Å². The van der Waals surface area contributed by atoms with Crippen LogP contribution < -0.4 is 5.73 Å². The van der Waals surface area contributed by atoms with Gasteiger partial charge in [-0.25, -0.2) is 4.98 Å². The van der Waals surface area contributed by atoms with Crippen LogP contribution in [0.5, 0.6) is 0 Å². The molecule has 1 aromatic heterocycles. The molecule has 2 rings (SSSR count). The normalized spacial score (nSPS) is 10.3. The van der Waals surface area contributed by atoms with Gasteiger partial charge in [-0.05, 0) is 18.2 Å². The molecule has 2 aromatic rings. The summed E-state index contributed by atoms with van der Waals surface area (Å²) in [6.45, 7) is 0. The zero-order valence-corrected chi connectivity index (χ0v) is 9.13. The molecule has 0 bridgehead atoms. The zero-order chi connectivity index (χ0) is 10.8. The molecule has 2 N–H and O–H groups in total. The maximum Gasteiger partial charge on any atom is 0.142 e. The van der Waals surface area contributed by atoms with E-state index < -0.39 is 0 Å². The van der Waals surface area contributed by atoms with Crippen LogP contribution in [0.4, 0.5) is 5.82 Å². The fourth-order valence-electron chi connectivity index (χ4n) is 1.20. The minimum atomic E-state index is 0.351. The highest BCUT2D eigenvalue weighted by atomic mass is 35.5. The molecule has 0 aliphatic rings. The van der Waals surface area contributed by atoms with Crippen LogP contribution >= 0.6 is 23.2 Å². The molecular weight excluding hydrogens is 233 g/mol. The molecule has 0 spiro atoms. The highest BCUT2D eigenvalue weighted by Gasteiger charge is 2.06. The number of hydrogen-bond acceptors (Lipinski definition) is 3. The van der Waals surface area contributed by atoms with Crippen LogP contribution in [-0.2, 0) is 0 Å². The molecule has 1 aromatic carbocycles. The van der Waals surface area contributed by atoms with E-state index in [2.05, 4.69) is 9.97 Å². The zero-order valence-electron chi connectivity index (χ0n) is 7.61. The monoisotopic (exact) mass is 239 g/mol. The van der Waals surface area contributed by atoms with Gasteiger partial charge in [0, 0.05) is 10.6 Å². The van der Waals surface area contributed by atoms with Gasteiger partial charge >= 0.3 is 0 Å². The Kier molecular flexibility index (Phi) is 2.75. The maximum atomic E-state index is 6.02. The second-order valence-electron chi connectivity index (χ2n) is 2.95. The molecule has 0 amide bonds. The lowest BCUT2D eigenvalue weighted by Gasteiger charge is -2.04. The van der Waals surface area contributed by atoms with Crippen molar-refractivity contribution in [1.82, 2.24) is 9.97 Å². The molecule has 76 valence electrons. The third-order valence-electron chi connectivity index (χ3n) is 1.86. The molecule has 15 heavy (non-hydrogen) atoms. The molecule has 3 nitrogen and oxygen atoms in total. The number of aromatic nitrogens is 2. The van der Waals surface area contributed by atoms with Gasteiger partial charge in [0.05, 0.1) is 23.1 Å². The summed E-state index contributed by atoms with van der Waals surface area (Å²) in [5.74, 6) is 0.351. The Hall–Kier alpha value is -1.32. The van der Waals surface area contributed by atoms with Gasteiger partial charge < -0.3 is 5.73 Å². The van der Waals surface area contributed by atoms with Crippen molar-refractivity contribution >= 4 is 29.0 Å². The van der Waals surface area contributed by atoms with E-state index in [4.69, 9.17) is 28.9 Å². The van der Waals surface area contributed by atoms with Crippen molar-refractivity contribution in [3.63, 3.8) is 0 Å². The Bertz CT molecular complexity index is 500. The Morgan fingerprint density at radius 2 is 1.93 bits per heavy atom. The first-order valence-electron chi connectivity index (χ1n) is 4.20. The quantitative estimate of drug-likeness (QED) is 0.833. The average Bonchev–Trinajstić information content (AvgIpc) is 2.22. The molecule has 0 unspecified atom stereocenters. The predicted molar refractivity (Wildman–Crippen MR) is 61.9 cm³/mol. The van der Waals surface area contributed by atoms with E-state index in [1.807, 2.05) is 0 Å². The standard InChI is InChI=1S/C10H7Cl2N3/c11-6-1-2-8(12)7(3-6)9-4-14-5-10(13)15-9/h1-5H,(H2,13,15). The summed E-state index contributed by atoms with van der Waals surface area (Å²) in [4.78, 5) is 8.06. The Morgan fingerprint density at radius 1 is 1.13 bits per heavy atom. The second kappa shape index (κ2) is 4.04. The number of nitrogens with zero attached hydrogens (tertiary/aromatic N) is 2. The van der Waals surface area contributed by atoms with Crippen molar-refractivity contribution in [3.05, 3.63) is 40.6 Å². The van der Waals surface area contributed by atoms with Gasteiger partial charge in [0.2, 0.25) is 0 Å². The fraction of sp³-hybridized carbons (Fsp3) is 0. The van der Waals surface area contributed by atoms with Crippen LogP contribution in [0.15, 0.2) is 30.6 Å². The molecule has 0 radical (unpaired) electrons. The van der Waals surface area contributed by atoms with Crippen LogP contribution in [0.1, 0.15) is 0 Å². The minimum Gasteiger partial charge on any atom is -0.382 e. The summed E-state index contributed by atoms with van der Waals surface area (Å²) in [5, 5.41) is 1.16. The maximum absolute atomic E-state index is 6.02. The van der Waals surface area contributed by atoms with E-state index in [9.17, 15) is 0 Å². The molecule has 0 aliphatic heterocycles. The topological polar surface area (TPSA) is 51.8 Å². The van der Waals surface area contributed by atoms with Gasteiger partial charge in [0.1, 0.15) is 5.82 Å². The third-order valence-corrected chi connectivity index (χ3v) is 2.42. The Labute approximate surface area is 96.9 Å². The van der Waals surface area contributed by atoms with Crippen LogP contribution in [0.2, 0.25) is 10.0 Å². The number of anilines is 1. The summed E-state index contributed by atoms with van der Waals surface area (Å²) in [5.41, 5.74) is 6.87. The van der Waals surface area contributed by atoms with Crippen molar-refractivity contribution in [3.8, 4) is 11.3 Å². The van der Waals surface area contributed by atoms with E-state index in [0.29, 0.717) is 21.6 Å². The molecule has 0 saturated heterocycles. The summed E-state index contributed by atoms with van der Waals surface area (Å²) in [6, 6.07) is 5.16. The summed E-state index contributed by atoms with van der Waals surface area (Å²) in [6.07, 6.45) is 3.07. The largest absolute Gasteiger partial charge is 0.382 e. The lowest BCUT2D eigenvalue weighted by Crippen LogP contribution is -1.93. The molecule has 0 saturated carbocycles. The van der Waals surface area contributed by atoms with Gasteiger partial charge in [-0.3, -0.25) is 4.98 Å². The van der Waals surface area contributed by atoms with E-state index in [0.717, 1.165) is 5.56 Å². The number of nitrogen functional groups attached to an aromatic ring is 1. The SMILES string of the molecule is Nc1cncc(-c2cc(Cl)ccc2Cl)n1. The van der Waals surface area contributed by atoms with Crippen molar-refractivity contribution in [2.24, 2.45) is 0 Å². The van der Waals surface area contributed by atoms with Gasteiger partial charge in [-0.2, -0.15) is 0 Å². The molecular formula is C10H7Cl2N3. The number of benzene rings is 1. The van der Waals surface area contributed by atoms with Crippen LogP contribution in [0, 0.1) is 0 Å². The van der Waals surface area contributed by atoms with Crippen molar-refractivity contribution in [1.29, 1.82) is 0 Å². The predicted octanol–water partition coefficient (Wildman–Crippen LogP) is 3.03. The van der Waals surface area contributed by atoms with Gasteiger partial charge in [-0.1, -0.05) is 23.2 Å². The highest BCUT2D eigenvalue weighted by Crippen LogP contribution is 2.28. The first kappa shape index (κ1) is 10.2. The lowest BCUT2D eigenvalue weighted by molar-refractivity contribution is 1.22. The third kappa shape index (κ3) is 2.19. The molecule has 1 heterocycles.